The van der Waals surface area contributed by atoms with Gasteiger partial charge in [-0.1, -0.05) is 90.9 Å². The van der Waals surface area contributed by atoms with Gasteiger partial charge in [0, 0.05) is 4.47 Å². The summed E-state index contributed by atoms with van der Waals surface area (Å²) in [7, 11) is 0. The van der Waals surface area contributed by atoms with Gasteiger partial charge in [0.25, 0.3) is 5.56 Å². The first kappa shape index (κ1) is 25.3. The second kappa shape index (κ2) is 10.9. The molecule has 0 saturated heterocycles. The van der Waals surface area contributed by atoms with Gasteiger partial charge in [-0.25, -0.2) is 9.79 Å². The molecule has 0 aliphatic carbocycles. The Labute approximate surface area is 217 Å². The molecule has 35 heavy (non-hydrogen) atoms. The first-order valence-electron chi connectivity index (χ1n) is 11.9. The van der Waals surface area contributed by atoms with Gasteiger partial charge in [0.1, 0.15) is 0 Å². The highest BCUT2D eigenvalue weighted by molar-refractivity contribution is 9.10. The summed E-state index contributed by atoms with van der Waals surface area (Å²) in [5.74, 6) is -0.0347. The van der Waals surface area contributed by atoms with Crippen molar-refractivity contribution in [2.45, 2.75) is 52.5 Å². The van der Waals surface area contributed by atoms with Crippen molar-refractivity contribution in [2.75, 3.05) is 6.61 Å². The van der Waals surface area contributed by atoms with E-state index in [1.54, 1.807) is 11.5 Å². The fourth-order valence-electron chi connectivity index (χ4n) is 4.21. The molecule has 1 aliphatic rings. The molecular weight excluding hydrogens is 524 g/mol. The molecule has 2 aromatic carbocycles. The lowest BCUT2D eigenvalue weighted by Gasteiger charge is -2.26. The van der Waals surface area contributed by atoms with Gasteiger partial charge in [-0.05, 0) is 54.2 Å². The lowest BCUT2D eigenvalue weighted by Crippen LogP contribution is -2.40. The highest BCUT2D eigenvalue weighted by Gasteiger charge is 2.34. The second-order valence-electron chi connectivity index (χ2n) is 8.79. The number of allylic oxidation sites excluding steroid dienone is 1. The van der Waals surface area contributed by atoms with Gasteiger partial charge < -0.3 is 4.74 Å². The quantitative estimate of drug-likeness (QED) is 0.365. The lowest BCUT2D eigenvalue weighted by molar-refractivity contribution is -0.139. The number of carbonyl (C=O) groups is 1. The van der Waals surface area contributed by atoms with Crippen molar-refractivity contribution in [2.24, 2.45) is 4.99 Å². The molecule has 0 saturated carbocycles. The van der Waals surface area contributed by atoms with E-state index in [4.69, 9.17) is 9.73 Å². The predicted octanol–water partition coefficient (Wildman–Crippen LogP) is 5.46. The fourth-order valence-corrected chi connectivity index (χ4v) is 5.49. The number of hydrogen-bond acceptors (Lipinski definition) is 5. The summed E-state index contributed by atoms with van der Waals surface area (Å²) >= 11 is 4.81. The molecule has 0 radical (unpaired) electrons. The molecule has 1 aliphatic heterocycles. The minimum atomic E-state index is -0.583. The maximum Gasteiger partial charge on any atom is 0.338 e. The highest BCUT2D eigenvalue weighted by atomic mass is 79.9. The van der Waals surface area contributed by atoms with Crippen molar-refractivity contribution >= 4 is 39.3 Å². The molecule has 4 rings (SSSR count). The molecule has 0 unspecified atom stereocenters. The predicted molar refractivity (Wildman–Crippen MR) is 144 cm³/mol. The zero-order chi connectivity index (χ0) is 25.1. The van der Waals surface area contributed by atoms with Gasteiger partial charge in [0.2, 0.25) is 0 Å². The van der Waals surface area contributed by atoms with Crippen LogP contribution in [0.25, 0.3) is 6.08 Å². The summed E-state index contributed by atoms with van der Waals surface area (Å²) in [6, 6.07) is 15.4. The number of aromatic nitrogens is 1. The summed E-state index contributed by atoms with van der Waals surface area (Å²) in [4.78, 5) is 32.4. The minimum absolute atomic E-state index is 0.160. The van der Waals surface area contributed by atoms with Crippen LogP contribution >= 0.6 is 27.3 Å². The summed E-state index contributed by atoms with van der Waals surface area (Å²) in [5, 5.41) is 0. The number of nitrogens with zero attached hydrogens (tertiary/aromatic N) is 2. The van der Waals surface area contributed by atoms with Crippen molar-refractivity contribution in [3.05, 3.63) is 101 Å². The number of benzene rings is 2. The number of halogens is 1. The number of hydrogen-bond donors (Lipinski definition) is 0. The number of ether oxygens (including phenoxy) is 1. The van der Waals surface area contributed by atoms with Gasteiger partial charge in [0.15, 0.2) is 4.80 Å². The van der Waals surface area contributed by atoms with Crippen molar-refractivity contribution < 1.29 is 9.53 Å². The number of esters is 1. The molecule has 7 heteroatoms. The Bertz CT molecular complexity index is 1430. The molecule has 5 nitrogen and oxygen atoms in total. The van der Waals surface area contributed by atoms with E-state index >= 15 is 0 Å². The Hall–Kier alpha value is -2.77. The van der Waals surface area contributed by atoms with Crippen LogP contribution in [0.3, 0.4) is 0 Å². The Morgan fingerprint density at radius 1 is 1.14 bits per heavy atom. The first-order chi connectivity index (χ1) is 16.8. The van der Waals surface area contributed by atoms with Crippen LogP contribution in [-0.4, -0.2) is 17.1 Å². The van der Waals surface area contributed by atoms with Crippen LogP contribution < -0.4 is 14.9 Å². The summed E-state index contributed by atoms with van der Waals surface area (Å²) in [5.41, 5.74) is 3.99. The first-order valence-corrected chi connectivity index (χ1v) is 13.5. The Morgan fingerprint density at radius 3 is 2.43 bits per heavy atom. The van der Waals surface area contributed by atoms with E-state index < -0.39 is 12.0 Å². The fraction of sp³-hybridized carbons (Fsp3) is 0.321. The standard InChI is InChI=1S/C28H29BrN2O3S/c1-5-7-22-24(27(33)34-6-2)25(20-12-10-19(11-13-20)17(3)4)31-26(32)23(35-28(31)30-22)16-18-8-14-21(29)15-9-18/h8-17,25H,5-7H2,1-4H3/b23-16-/t25-/m0/s1. The zero-order valence-corrected chi connectivity index (χ0v) is 22.8. The molecule has 0 spiro atoms. The molecule has 2 heterocycles. The van der Waals surface area contributed by atoms with Crippen molar-refractivity contribution in [3.8, 4) is 0 Å². The third-order valence-electron chi connectivity index (χ3n) is 5.98. The molecule has 182 valence electrons. The number of carbonyl (C=O) groups excluding carboxylic acids is 1. The molecule has 3 aromatic rings. The Balaban J connectivity index is 1.97. The Kier molecular flexibility index (Phi) is 7.87. The van der Waals surface area contributed by atoms with Crippen molar-refractivity contribution in [1.82, 2.24) is 4.57 Å². The normalized spacial score (nSPS) is 15.8. The van der Waals surface area contributed by atoms with Crippen LogP contribution in [-0.2, 0) is 9.53 Å². The van der Waals surface area contributed by atoms with Crippen LogP contribution in [0.1, 0.15) is 69.2 Å². The molecule has 0 amide bonds. The van der Waals surface area contributed by atoms with Crippen molar-refractivity contribution in [3.63, 3.8) is 0 Å². The highest BCUT2D eigenvalue weighted by Crippen LogP contribution is 2.33. The van der Waals surface area contributed by atoms with E-state index in [9.17, 15) is 9.59 Å². The SMILES string of the molecule is CCCC1=C(C(=O)OCC)[C@H](c2ccc(C(C)C)cc2)n2c(s/c(=C\c3ccc(Br)cc3)c2=O)=N1. The van der Waals surface area contributed by atoms with Gasteiger partial charge in [-0.3, -0.25) is 9.36 Å². The van der Waals surface area contributed by atoms with E-state index in [2.05, 4.69) is 48.8 Å². The van der Waals surface area contributed by atoms with E-state index in [1.165, 1.54) is 16.9 Å². The molecule has 1 aromatic heterocycles. The van der Waals surface area contributed by atoms with E-state index in [0.717, 1.165) is 22.0 Å². The summed E-state index contributed by atoms with van der Waals surface area (Å²) in [6.07, 6.45) is 3.34. The van der Waals surface area contributed by atoms with Gasteiger partial charge in [0.05, 0.1) is 28.5 Å². The third kappa shape index (κ3) is 5.26. The van der Waals surface area contributed by atoms with Gasteiger partial charge >= 0.3 is 5.97 Å². The number of fused-ring (bicyclic) bond motifs is 1. The Morgan fingerprint density at radius 2 is 1.83 bits per heavy atom. The van der Waals surface area contributed by atoms with Crippen LogP contribution in [0.5, 0.6) is 0 Å². The molecule has 1 atom stereocenters. The average molecular weight is 554 g/mol. The average Bonchev–Trinajstić information content (AvgIpc) is 3.14. The topological polar surface area (TPSA) is 60.7 Å². The number of thiazole rings is 1. The third-order valence-corrected chi connectivity index (χ3v) is 7.49. The van der Waals surface area contributed by atoms with Gasteiger partial charge in [-0.15, -0.1) is 0 Å². The second-order valence-corrected chi connectivity index (χ2v) is 10.7. The van der Waals surface area contributed by atoms with Gasteiger partial charge in [-0.2, -0.15) is 0 Å². The molecular formula is C28H29BrN2O3S. The summed E-state index contributed by atoms with van der Waals surface area (Å²) < 4.78 is 8.67. The van der Waals surface area contributed by atoms with E-state index in [-0.39, 0.29) is 12.2 Å². The monoisotopic (exact) mass is 552 g/mol. The minimum Gasteiger partial charge on any atom is -0.463 e. The maximum atomic E-state index is 13.7. The van der Waals surface area contributed by atoms with Crippen LogP contribution in [0.4, 0.5) is 0 Å². The molecule has 0 N–H and O–H groups in total. The van der Waals surface area contributed by atoms with Crippen molar-refractivity contribution in [1.29, 1.82) is 0 Å². The van der Waals surface area contributed by atoms with Crippen LogP contribution in [0.15, 0.2) is 74.1 Å². The van der Waals surface area contributed by atoms with Crippen LogP contribution in [0, 0.1) is 0 Å². The van der Waals surface area contributed by atoms with Crippen LogP contribution in [0.2, 0.25) is 0 Å². The molecule has 0 bridgehead atoms. The number of rotatable bonds is 7. The van der Waals surface area contributed by atoms with E-state index in [1.807, 2.05) is 42.5 Å². The smallest absolute Gasteiger partial charge is 0.338 e. The summed E-state index contributed by atoms with van der Waals surface area (Å²) in [6.45, 7) is 8.39. The molecule has 0 fully saturated rings. The van der Waals surface area contributed by atoms with E-state index in [0.29, 0.717) is 32.9 Å². The largest absolute Gasteiger partial charge is 0.463 e. The maximum absolute atomic E-state index is 13.7. The lowest BCUT2D eigenvalue weighted by atomic mass is 9.92. The zero-order valence-electron chi connectivity index (χ0n) is 20.4.